The van der Waals surface area contributed by atoms with E-state index in [-0.39, 0.29) is 6.10 Å². The van der Waals surface area contributed by atoms with Crippen LogP contribution < -0.4 is 14.8 Å². The van der Waals surface area contributed by atoms with Crippen molar-refractivity contribution in [2.24, 2.45) is 0 Å². The molecule has 0 aliphatic rings. The summed E-state index contributed by atoms with van der Waals surface area (Å²) in [5, 5.41) is 4.37. The van der Waals surface area contributed by atoms with Gasteiger partial charge in [0.1, 0.15) is 0 Å². The highest BCUT2D eigenvalue weighted by Gasteiger charge is 2.14. The lowest BCUT2D eigenvalue weighted by molar-refractivity contribution is 0.228. The highest BCUT2D eigenvalue weighted by Crippen LogP contribution is 2.36. The minimum atomic E-state index is 0.0498. The zero-order chi connectivity index (χ0) is 17.0. The van der Waals surface area contributed by atoms with Gasteiger partial charge in [-0.1, -0.05) is 39.1 Å². The van der Waals surface area contributed by atoms with Gasteiger partial charge in [0, 0.05) is 22.3 Å². The minimum absolute atomic E-state index is 0.0498. The lowest BCUT2D eigenvalue weighted by Crippen LogP contribution is -2.10. The summed E-state index contributed by atoms with van der Waals surface area (Å²) >= 11 is 15.5. The van der Waals surface area contributed by atoms with Crippen molar-refractivity contribution < 1.29 is 9.47 Å². The van der Waals surface area contributed by atoms with Crippen LogP contribution in [0.25, 0.3) is 0 Å². The molecule has 0 saturated heterocycles. The summed E-state index contributed by atoms with van der Waals surface area (Å²) in [4.78, 5) is 0. The first-order chi connectivity index (χ1) is 10.9. The van der Waals surface area contributed by atoms with Gasteiger partial charge in [-0.25, -0.2) is 0 Å². The molecule has 0 saturated carbocycles. The third-order valence-corrected chi connectivity index (χ3v) is 4.27. The molecule has 0 bridgehead atoms. The van der Waals surface area contributed by atoms with Crippen LogP contribution in [0.15, 0.2) is 34.8 Å². The van der Waals surface area contributed by atoms with Crippen LogP contribution in [0.5, 0.6) is 11.5 Å². The molecule has 0 fully saturated rings. The van der Waals surface area contributed by atoms with E-state index < -0.39 is 0 Å². The second kappa shape index (κ2) is 8.13. The summed E-state index contributed by atoms with van der Waals surface area (Å²) in [6.45, 7) is 4.53. The fourth-order valence-corrected chi connectivity index (χ4v) is 2.86. The molecule has 0 unspecified atom stereocenters. The van der Waals surface area contributed by atoms with Crippen molar-refractivity contribution in [3.63, 3.8) is 0 Å². The first-order valence-corrected chi connectivity index (χ1v) is 8.67. The fraction of sp³-hybridized carbons (Fsp3) is 0.294. The van der Waals surface area contributed by atoms with Crippen molar-refractivity contribution in [2.75, 3.05) is 12.4 Å². The summed E-state index contributed by atoms with van der Waals surface area (Å²) in [6, 6.07) is 9.33. The molecule has 2 aromatic rings. The first kappa shape index (κ1) is 18.2. The van der Waals surface area contributed by atoms with Crippen LogP contribution in [0.1, 0.15) is 19.4 Å². The Kier molecular flexibility index (Phi) is 6.45. The van der Waals surface area contributed by atoms with Gasteiger partial charge in [-0.2, -0.15) is 0 Å². The van der Waals surface area contributed by atoms with Crippen molar-refractivity contribution in [1.29, 1.82) is 0 Å². The van der Waals surface area contributed by atoms with Crippen LogP contribution >= 0.6 is 39.1 Å². The van der Waals surface area contributed by atoms with Gasteiger partial charge in [0.25, 0.3) is 0 Å². The molecule has 2 aromatic carbocycles. The highest BCUT2D eigenvalue weighted by molar-refractivity contribution is 9.10. The van der Waals surface area contributed by atoms with Gasteiger partial charge in [-0.15, -0.1) is 0 Å². The molecule has 124 valence electrons. The molecule has 0 amide bonds. The van der Waals surface area contributed by atoms with Crippen molar-refractivity contribution in [2.45, 2.75) is 26.5 Å². The van der Waals surface area contributed by atoms with Crippen LogP contribution in [0.2, 0.25) is 10.0 Å². The largest absolute Gasteiger partial charge is 0.493 e. The molecular formula is C17H18BrCl2NO2. The van der Waals surface area contributed by atoms with E-state index in [4.69, 9.17) is 32.7 Å². The summed E-state index contributed by atoms with van der Waals surface area (Å²) in [5.74, 6) is 1.43. The van der Waals surface area contributed by atoms with Crippen LogP contribution in [0.3, 0.4) is 0 Å². The molecule has 0 atom stereocenters. The van der Waals surface area contributed by atoms with E-state index in [0.29, 0.717) is 22.3 Å². The van der Waals surface area contributed by atoms with E-state index >= 15 is 0 Å². The van der Waals surface area contributed by atoms with Crippen LogP contribution in [-0.2, 0) is 6.54 Å². The maximum absolute atomic E-state index is 6.04. The zero-order valence-electron chi connectivity index (χ0n) is 13.1. The summed E-state index contributed by atoms with van der Waals surface area (Å²) in [5.41, 5.74) is 1.87. The first-order valence-electron chi connectivity index (χ1n) is 7.12. The van der Waals surface area contributed by atoms with E-state index in [2.05, 4.69) is 21.2 Å². The normalized spacial score (nSPS) is 10.7. The summed E-state index contributed by atoms with van der Waals surface area (Å²) < 4.78 is 12.3. The van der Waals surface area contributed by atoms with Crippen molar-refractivity contribution in [3.05, 3.63) is 50.4 Å². The SMILES string of the molecule is COc1cc(Br)cc(CNc2ccc(Cl)c(Cl)c2)c1OC(C)C. The maximum atomic E-state index is 6.04. The average molecular weight is 419 g/mol. The Labute approximate surface area is 155 Å². The van der Waals surface area contributed by atoms with Crippen LogP contribution in [-0.4, -0.2) is 13.2 Å². The highest BCUT2D eigenvalue weighted by atomic mass is 79.9. The summed E-state index contributed by atoms with van der Waals surface area (Å²) in [7, 11) is 1.63. The number of benzene rings is 2. The monoisotopic (exact) mass is 417 g/mol. The molecular weight excluding hydrogens is 401 g/mol. The van der Waals surface area contributed by atoms with E-state index in [1.54, 1.807) is 19.2 Å². The van der Waals surface area contributed by atoms with Gasteiger partial charge in [-0.05, 0) is 44.2 Å². The van der Waals surface area contributed by atoms with Gasteiger partial charge in [-0.3, -0.25) is 0 Å². The van der Waals surface area contributed by atoms with Crippen molar-refractivity contribution >= 4 is 44.8 Å². The Morgan fingerprint density at radius 2 is 1.87 bits per heavy atom. The molecule has 0 aliphatic heterocycles. The molecule has 0 heterocycles. The Balaban J connectivity index is 2.26. The van der Waals surface area contributed by atoms with E-state index in [1.807, 2.05) is 32.0 Å². The minimum Gasteiger partial charge on any atom is -0.493 e. The van der Waals surface area contributed by atoms with Gasteiger partial charge >= 0.3 is 0 Å². The van der Waals surface area contributed by atoms with Crippen LogP contribution in [0.4, 0.5) is 5.69 Å². The van der Waals surface area contributed by atoms with E-state index in [0.717, 1.165) is 21.5 Å². The summed E-state index contributed by atoms with van der Waals surface area (Å²) in [6.07, 6.45) is 0.0498. The number of halogens is 3. The number of methoxy groups -OCH3 is 1. The number of hydrogen-bond acceptors (Lipinski definition) is 3. The number of ether oxygens (including phenoxy) is 2. The third kappa shape index (κ3) is 4.93. The standard InChI is InChI=1S/C17H18BrCl2NO2/c1-10(2)23-17-11(6-12(18)7-16(17)22-3)9-21-13-4-5-14(19)15(20)8-13/h4-8,10,21H,9H2,1-3H3. The Morgan fingerprint density at radius 1 is 1.13 bits per heavy atom. The number of hydrogen-bond donors (Lipinski definition) is 1. The van der Waals surface area contributed by atoms with Gasteiger partial charge < -0.3 is 14.8 Å². The van der Waals surface area contributed by atoms with Crippen molar-refractivity contribution in [1.82, 2.24) is 0 Å². The smallest absolute Gasteiger partial charge is 0.166 e. The Hall–Kier alpha value is -1.10. The second-order valence-electron chi connectivity index (χ2n) is 5.25. The number of anilines is 1. The Morgan fingerprint density at radius 3 is 2.48 bits per heavy atom. The molecule has 6 heteroatoms. The molecule has 2 rings (SSSR count). The average Bonchev–Trinajstić information content (AvgIpc) is 2.49. The molecule has 1 N–H and O–H groups in total. The Bertz CT molecular complexity index is 693. The fourth-order valence-electron chi connectivity index (χ4n) is 2.08. The lowest BCUT2D eigenvalue weighted by atomic mass is 10.1. The lowest BCUT2D eigenvalue weighted by Gasteiger charge is -2.19. The predicted molar refractivity (Wildman–Crippen MR) is 100 cm³/mol. The second-order valence-corrected chi connectivity index (χ2v) is 6.98. The molecule has 0 aromatic heterocycles. The molecule has 23 heavy (non-hydrogen) atoms. The van der Waals surface area contributed by atoms with E-state index in [9.17, 15) is 0 Å². The molecule has 0 aliphatic carbocycles. The molecule has 0 radical (unpaired) electrons. The van der Waals surface area contributed by atoms with Gasteiger partial charge in [0.05, 0.1) is 23.3 Å². The van der Waals surface area contributed by atoms with E-state index in [1.165, 1.54) is 0 Å². The third-order valence-electron chi connectivity index (χ3n) is 3.07. The molecule has 0 spiro atoms. The number of rotatable bonds is 6. The topological polar surface area (TPSA) is 30.5 Å². The zero-order valence-corrected chi connectivity index (χ0v) is 16.2. The van der Waals surface area contributed by atoms with Crippen molar-refractivity contribution in [3.8, 4) is 11.5 Å². The molecule has 3 nitrogen and oxygen atoms in total. The maximum Gasteiger partial charge on any atom is 0.166 e. The van der Waals surface area contributed by atoms with Gasteiger partial charge in [0.2, 0.25) is 0 Å². The quantitative estimate of drug-likeness (QED) is 0.608. The number of nitrogens with one attached hydrogen (secondary N) is 1. The van der Waals surface area contributed by atoms with Crippen LogP contribution in [0, 0.1) is 0 Å². The van der Waals surface area contributed by atoms with Gasteiger partial charge in [0.15, 0.2) is 11.5 Å². The predicted octanol–water partition coefficient (Wildman–Crippen LogP) is 6.16.